The summed E-state index contributed by atoms with van der Waals surface area (Å²) in [6.07, 6.45) is 14.1. The Balaban J connectivity index is 1.70. The Hall–Kier alpha value is -1.76. The molecule has 0 atom stereocenters. The number of fused-ring (bicyclic) bond motifs is 3. The van der Waals surface area contributed by atoms with Crippen LogP contribution in [-0.2, 0) is 0 Å². The lowest BCUT2D eigenvalue weighted by atomic mass is 9.87. The van der Waals surface area contributed by atoms with Gasteiger partial charge in [0.2, 0.25) is 0 Å². The van der Waals surface area contributed by atoms with Crippen molar-refractivity contribution in [2.24, 2.45) is 0 Å². The first kappa shape index (κ1) is 15.7. The van der Waals surface area contributed by atoms with Gasteiger partial charge in [0.25, 0.3) is 0 Å². The quantitative estimate of drug-likeness (QED) is 0.483. The largest absolute Gasteiger partial charge is 0.354 e. The van der Waals surface area contributed by atoms with Crippen LogP contribution in [0.4, 0.5) is 0 Å². The lowest BCUT2D eigenvalue weighted by molar-refractivity contribution is 0.516. The first-order valence-corrected chi connectivity index (χ1v) is 9.93. The van der Waals surface area contributed by atoms with Gasteiger partial charge in [-0.25, -0.2) is 0 Å². The number of para-hydroxylation sites is 2. The second-order valence-corrected chi connectivity index (χ2v) is 7.54. The van der Waals surface area contributed by atoms with Crippen molar-refractivity contribution in [1.29, 1.82) is 0 Å². The van der Waals surface area contributed by atoms with E-state index in [2.05, 4.69) is 47.4 Å². The van der Waals surface area contributed by atoms with Crippen LogP contribution in [0.5, 0.6) is 0 Å². The molecule has 2 aromatic carbocycles. The van der Waals surface area contributed by atoms with Gasteiger partial charge in [-0.05, 0) is 30.4 Å². The van der Waals surface area contributed by atoms with E-state index in [0.717, 1.165) is 5.92 Å². The molecule has 1 heterocycles. The summed E-state index contributed by atoms with van der Waals surface area (Å²) in [6, 6.07) is 15.7. The van der Waals surface area contributed by atoms with Gasteiger partial charge in [0, 0.05) is 21.8 Å². The highest BCUT2D eigenvalue weighted by Gasteiger charge is 2.17. The van der Waals surface area contributed by atoms with Crippen molar-refractivity contribution in [3.05, 3.63) is 48.0 Å². The van der Waals surface area contributed by atoms with Gasteiger partial charge in [0.1, 0.15) is 0 Å². The van der Waals surface area contributed by atoms with E-state index in [0.29, 0.717) is 0 Å². The Morgan fingerprint density at radius 2 is 1.25 bits per heavy atom. The molecule has 0 radical (unpaired) electrons. The predicted octanol–water partition coefficient (Wildman–Crippen LogP) is 7.32. The van der Waals surface area contributed by atoms with Gasteiger partial charge in [-0.15, -0.1) is 0 Å². The lowest BCUT2D eigenvalue weighted by Crippen LogP contribution is -2.00. The number of hydrogen-bond acceptors (Lipinski definition) is 0. The Kier molecular flexibility index (Phi) is 4.87. The summed E-state index contributed by atoms with van der Waals surface area (Å²) in [7, 11) is 0. The maximum Gasteiger partial charge on any atom is 0.0500 e. The highest BCUT2D eigenvalue weighted by atomic mass is 14.7. The highest BCUT2D eigenvalue weighted by molar-refractivity contribution is 6.08. The van der Waals surface area contributed by atoms with Gasteiger partial charge in [0.15, 0.2) is 0 Å². The van der Waals surface area contributed by atoms with Crippen molar-refractivity contribution in [3.8, 4) is 0 Å². The van der Waals surface area contributed by atoms with Crippen LogP contribution >= 0.6 is 0 Å². The molecule has 1 saturated carbocycles. The molecule has 1 N–H and O–H groups in total. The molecule has 3 aromatic rings. The van der Waals surface area contributed by atoms with E-state index in [4.69, 9.17) is 0 Å². The van der Waals surface area contributed by atoms with Crippen LogP contribution in [-0.4, -0.2) is 4.98 Å². The van der Waals surface area contributed by atoms with E-state index in [1.165, 1.54) is 86.0 Å². The van der Waals surface area contributed by atoms with Crippen LogP contribution in [0, 0.1) is 0 Å². The zero-order valence-corrected chi connectivity index (χ0v) is 14.7. The molecule has 0 bridgehead atoms. The summed E-state index contributed by atoms with van der Waals surface area (Å²) in [4.78, 5) is 3.72. The molecule has 1 aromatic heterocycles. The van der Waals surface area contributed by atoms with E-state index in [9.17, 15) is 0 Å². The van der Waals surface area contributed by atoms with Crippen molar-refractivity contribution in [2.45, 2.75) is 70.1 Å². The lowest BCUT2D eigenvalue weighted by Gasteiger charge is -2.18. The van der Waals surface area contributed by atoms with Gasteiger partial charge in [-0.2, -0.15) is 0 Å². The zero-order valence-electron chi connectivity index (χ0n) is 14.7. The molecule has 1 nitrogen and oxygen atoms in total. The molecule has 0 spiro atoms. The molecular weight excluding hydrogens is 290 g/mol. The Morgan fingerprint density at radius 1 is 0.625 bits per heavy atom. The van der Waals surface area contributed by atoms with Crippen molar-refractivity contribution in [3.63, 3.8) is 0 Å². The van der Waals surface area contributed by atoms with Gasteiger partial charge in [0.05, 0.1) is 0 Å². The molecular formula is C23H29N. The van der Waals surface area contributed by atoms with Gasteiger partial charge in [-0.3, -0.25) is 0 Å². The van der Waals surface area contributed by atoms with Crippen LogP contribution in [0.2, 0.25) is 0 Å². The third kappa shape index (κ3) is 3.22. The fourth-order valence-corrected chi connectivity index (χ4v) is 4.53. The molecule has 4 rings (SSSR count). The molecule has 0 amide bonds. The average Bonchev–Trinajstić information content (AvgIpc) is 2.97. The summed E-state index contributed by atoms with van der Waals surface area (Å²) in [5, 5.41) is 2.77. The summed E-state index contributed by atoms with van der Waals surface area (Å²) < 4.78 is 0. The minimum Gasteiger partial charge on any atom is -0.354 e. The molecule has 24 heavy (non-hydrogen) atoms. The van der Waals surface area contributed by atoms with Gasteiger partial charge < -0.3 is 4.98 Å². The van der Waals surface area contributed by atoms with E-state index < -0.39 is 0 Å². The SMILES string of the molecule is c1ccc2c(c1)[nH]c1c(C3CCCCCCCCCC3)cccc12. The fourth-order valence-electron chi connectivity index (χ4n) is 4.53. The molecule has 0 aliphatic heterocycles. The highest BCUT2D eigenvalue weighted by Crippen LogP contribution is 2.36. The van der Waals surface area contributed by atoms with Crippen LogP contribution in [0.1, 0.15) is 75.7 Å². The van der Waals surface area contributed by atoms with E-state index in [1.54, 1.807) is 5.56 Å². The van der Waals surface area contributed by atoms with E-state index in [1.807, 2.05) is 0 Å². The van der Waals surface area contributed by atoms with Crippen LogP contribution in [0.25, 0.3) is 21.8 Å². The Morgan fingerprint density at radius 3 is 2.00 bits per heavy atom. The first-order chi connectivity index (χ1) is 11.9. The first-order valence-electron chi connectivity index (χ1n) is 9.93. The van der Waals surface area contributed by atoms with Gasteiger partial charge >= 0.3 is 0 Å². The summed E-state index contributed by atoms with van der Waals surface area (Å²) in [5.74, 6) is 0.722. The number of aromatic nitrogens is 1. The summed E-state index contributed by atoms with van der Waals surface area (Å²) in [6.45, 7) is 0. The number of rotatable bonds is 1. The van der Waals surface area contributed by atoms with Crippen molar-refractivity contribution >= 4 is 21.8 Å². The van der Waals surface area contributed by atoms with Crippen molar-refractivity contribution < 1.29 is 0 Å². The zero-order chi connectivity index (χ0) is 16.2. The minimum atomic E-state index is 0.722. The third-order valence-corrected chi connectivity index (χ3v) is 5.87. The topological polar surface area (TPSA) is 15.8 Å². The Labute approximate surface area is 145 Å². The predicted molar refractivity (Wildman–Crippen MR) is 105 cm³/mol. The third-order valence-electron chi connectivity index (χ3n) is 5.87. The number of H-pyrrole nitrogens is 1. The second-order valence-electron chi connectivity index (χ2n) is 7.54. The second kappa shape index (κ2) is 7.42. The molecule has 1 aliphatic rings. The Bertz CT molecular complexity index is 786. The van der Waals surface area contributed by atoms with Crippen LogP contribution in [0.15, 0.2) is 42.5 Å². The molecule has 0 saturated heterocycles. The number of hydrogen-bond donors (Lipinski definition) is 1. The molecule has 1 fully saturated rings. The number of benzene rings is 2. The van der Waals surface area contributed by atoms with Crippen molar-refractivity contribution in [2.75, 3.05) is 0 Å². The number of aromatic amines is 1. The van der Waals surface area contributed by atoms with Crippen LogP contribution < -0.4 is 0 Å². The maximum absolute atomic E-state index is 3.72. The average molecular weight is 319 g/mol. The van der Waals surface area contributed by atoms with Gasteiger partial charge in [-0.1, -0.05) is 87.8 Å². The van der Waals surface area contributed by atoms with E-state index >= 15 is 0 Å². The minimum absolute atomic E-state index is 0.722. The van der Waals surface area contributed by atoms with E-state index in [-0.39, 0.29) is 0 Å². The molecule has 1 heteroatoms. The molecule has 1 aliphatic carbocycles. The normalized spacial score (nSPS) is 18.7. The smallest absolute Gasteiger partial charge is 0.0500 e. The fraction of sp³-hybridized carbons (Fsp3) is 0.478. The monoisotopic (exact) mass is 319 g/mol. The van der Waals surface area contributed by atoms with Crippen LogP contribution in [0.3, 0.4) is 0 Å². The summed E-state index contributed by atoms with van der Waals surface area (Å²) in [5.41, 5.74) is 4.22. The van der Waals surface area contributed by atoms with Crippen molar-refractivity contribution in [1.82, 2.24) is 4.98 Å². The standard InChI is InChI=1S/C23H29N/c1-2-4-6-8-13-18(12-7-5-3-1)19-15-11-16-21-20-14-9-10-17-22(20)24-23(19)21/h9-11,14-18,24H,1-8,12-13H2. The molecule has 126 valence electrons. The summed E-state index contributed by atoms with van der Waals surface area (Å²) >= 11 is 0. The molecule has 0 unspecified atom stereocenters. The number of nitrogens with one attached hydrogen (secondary N) is 1. The maximum atomic E-state index is 3.72.